The molecule has 0 aliphatic carbocycles. The van der Waals surface area contributed by atoms with Crippen molar-refractivity contribution in [2.75, 3.05) is 5.43 Å². The van der Waals surface area contributed by atoms with Crippen LogP contribution < -0.4 is 10.9 Å². The van der Waals surface area contributed by atoms with Crippen LogP contribution in [0.15, 0.2) is 30.3 Å². The van der Waals surface area contributed by atoms with Crippen molar-refractivity contribution in [2.24, 2.45) is 0 Å². The Morgan fingerprint density at radius 3 is 3.06 bits per heavy atom. The number of fused-ring (bicyclic) bond motifs is 1. The van der Waals surface area contributed by atoms with Crippen molar-refractivity contribution in [1.29, 1.82) is 0 Å². The summed E-state index contributed by atoms with van der Waals surface area (Å²) >= 11 is 0. The zero-order valence-corrected chi connectivity index (χ0v) is 9.51. The van der Waals surface area contributed by atoms with Gasteiger partial charge in [0.05, 0.1) is 12.3 Å². The van der Waals surface area contributed by atoms with Crippen LogP contribution >= 0.6 is 0 Å². The zero-order valence-electron chi connectivity index (χ0n) is 9.51. The number of hydrogen-bond acceptors (Lipinski definition) is 4. The van der Waals surface area contributed by atoms with Gasteiger partial charge in [-0.2, -0.15) is 5.10 Å². The molecule has 1 unspecified atom stereocenters. The van der Waals surface area contributed by atoms with Crippen LogP contribution in [0.3, 0.4) is 0 Å². The fourth-order valence-electron chi connectivity index (χ4n) is 2.08. The van der Waals surface area contributed by atoms with Gasteiger partial charge in [0.2, 0.25) is 0 Å². The molecule has 17 heavy (non-hydrogen) atoms. The van der Waals surface area contributed by atoms with Crippen molar-refractivity contribution in [1.82, 2.24) is 15.2 Å². The number of anilines is 1. The zero-order chi connectivity index (χ0) is 11.8. The maximum absolute atomic E-state index is 9.07. The minimum Gasteiger partial charge on any atom is -0.390 e. The lowest BCUT2D eigenvalue weighted by molar-refractivity contribution is 0.274. The second-order valence-electron chi connectivity index (χ2n) is 4.21. The van der Waals surface area contributed by atoms with E-state index >= 15 is 0 Å². The molecule has 88 valence electrons. The lowest BCUT2D eigenvalue weighted by Crippen LogP contribution is -2.23. The van der Waals surface area contributed by atoms with E-state index in [4.69, 9.17) is 5.11 Å². The lowest BCUT2D eigenvalue weighted by Gasteiger charge is -2.12. The molecule has 0 saturated carbocycles. The van der Waals surface area contributed by atoms with Gasteiger partial charge in [0, 0.05) is 6.07 Å². The lowest BCUT2D eigenvalue weighted by atomic mass is 10.1. The molecule has 1 aromatic heterocycles. The Morgan fingerprint density at radius 1 is 1.41 bits per heavy atom. The Balaban J connectivity index is 2.00. The summed E-state index contributed by atoms with van der Waals surface area (Å²) in [6.45, 7) is 2.03. The second kappa shape index (κ2) is 3.87. The topological polar surface area (TPSA) is 62.1 Å². The van der Waals surface area contributed by atoms with Gasteiger partial charge < -0.3 is 10.5 Å². The third kappa shape index (κ3) is 1.69. The number of aliphatic hydroxyl groups excluding tert-OH is 1. The Kier molecular flexibility index (Phi) is 2.35. The van der Waals surface area contributed by atoms with Crippen LogP contribution in [0.2, 0.25) is 0 Å². The SMILES string of the molecule is Cc1cccc(C2NNc3cc(CO)nn32)c1. The number of rotatable bonds is 2. The molecule has 1 aliphatic heterocycles. The minimum atomic E-state index is -0.0395. The summed E-state index contributed by atoms with van der Waals surface area (Å²) in [5.41, 5.74) is 9.26. The van der Waals surface area contributed by atoms with E-state index in [0.717, 1.165) is 11.4 Å². The van der Waals surface area contributed by atoms with Gasteiger partial charge in [0.25, 0.3) is 0 Å². The Bertz CT molecular complexity index is 549. The summed E-state index contributed by atoms with van der Waals surface area (Å²) < 4.78 is 1.85. The molecule has 0 amide bonds. The van der Waals surface area contributed by atoms with E-state index in [1.807, 2.05) is 16.8 Å². The van der Waals surface area contributed by atoms with E-state index in [0.29, 0.717) is 5.69 Å². The highest BCUT2D eigenvalue weighted by Crippen LogP contribution is 2.26. The molecule has 1 aliphatic rings. The molecule has 5 nitrogen and oxygen atoms in total. The molecule has 5 heteroatoms. The summed E-state index contributed by atoms with van der Waals surface area (Å²) in [6, 6.07) is 10.1. The fraction of sp³-hybridized carbons (Fsp3) is 0.250. The highest BCUT2D eigenvalue weighted by Gasteiger charge is 2.24. The number of nitrogens with one attached hydrogen (secondary N) is 2. The number of aryl methyl sites for hydroxylation is 1. The molecule has 2 aromatic rings. The van der Waals surface area contributed by atoms with E-state index in [1.54, 1.807) is 0 Å². The molecule has 0 bridgehead atoms. The molecule has 3 rings (SSSR count). The molecule has 0 radical (unpaired) electrons. The van der Waals surface area contributed by atoms with Crippen LogP contribution in [-0.2, 0) is 6.61 Å². The number of aromatic nitrogens is 2. The fourth-order valence-corrected chi connectivity index (χ4v) is 2.08. The number of hydrogen-bond donors (Lipinski definition) is 3. The summed E-state index contributed by atoms with van der Waals surface area (Å²) in [7, 11) is 0. The van der Waals surface area contributed by atoms with Crippen molar-refractivity contribution in [3.05, 3.63) is 47.2 Å². The normalized spacial score (nSPS) is 17.9. The van der Waals surface area contributed by atoms with Gasteiger partial charge in [-0.05, 0) is 12.5 Å². The predicted molar refractivity (Wildman–Crippen MR) is 64.2 cm³/mol. The number of hydrazine groups is 1. The minimum absolute atomic E-state index is 0.0230. The average Bonchev–Trinajstić information content (AvgIpc) is 2.87. The molecule has 0 fully saturated rings. The number of benzene rings is 1. The van der Waals surface area contributed by atoms with Crippen LogP contribution in [0.5, 0.6) is 0 Å². The highest BCUT2D eigenvalue weighted by atomic mass is 16.3. The molecule has 3 N–H and O–H groups in total. The van der Waals surface area contributed by atoms with Crippen LogP contribution in [0.1, 0.15) is 23.0 Å². The maximum atomic E-state index is 9.07. The van der Waals surface area contributed by atoms with Crippen molar-refractivity contribution in [3.63, 3.8) is 0 Å². The van der Waals surface area contributed by atoms with Gasteiger partial charge >= 0.3 is 0 Å². The van der Waals surface area contributed by atoms with Crippen LogP contribution in [0.25, 0.3) is 0 Å². The molecule has 2 heterocycles. The summed E-state index contributed by atoms with van der Waals surface area (Å²) in [4.78, 5) is 0. The van der Waals surface area contributed by atoms with Gasteiger partial charge in [-0.3, -0.25) is 0 Å². The Labute approximate surface area is 99.0 Å². The third-order valence-electron chi connectivity index (χ3n) is 2.89. The first-order valence-corrected chi connectivity index (χ1v) is 5.55. The van der Waals surface area contributed by atoms with E-state index < -0.39 is 0 Å². The van der Waals surface area contributed by atoms with Crippen molar-refractivity contribution >= 4 is 5.82 Å². The van der Waals surface area contributed by atoms with Gasteiger partial charge in [-0.15, -0.1) is 0 Å². The standard InChI is InChI=1S/C12H14N4O/c1-8-3-2-4-9(5-8)12-14-13-11-6-10(7-17)15-16(11)12/h2-6,12-14,17H,7H2,1H3. The van der Waals surface area contributed by atoms with Gasteiger partial charge in [-0.25, -0.2) is 10.1 Å². The highest BCUT2D eigenvalue weighted by molar-refractivity contribution is 5.42. The summed E-state index contributed by atoms with van der Waals surface area (Å²) in [5.74, 6) is 0.876. The van der Waals surface area contributed by atoms with Crippen molar-refractivity contribution < 1.29 is 5.11 Å². The molecule has 1 aromatic carbocycles. The summed E-state index contributed by atoms with van der Waals surface area (Å²) in [6.07, 6.45) is -0.0230. The molecule has 0 spiro atoms. The molecular weight excluding hydrogens is 216 g/mol. The first-order chi connectivity index (χ1) is 8.28. The van der Waals surface area contributed by atoms with E-state index in [9.17, 15) is 0 Å². The first kappa shape index (κ1) is 10.3. The predicted octanol–water partition coefficient (Wildman–Crippen LogP) is 1.16. The smallest absolute Gasteiger partial charge is 0.146 e. The van der Waals surface area contributed by atoms with Gasteiger partial charge in [0.1, 0.15) is 12.0 Å². The number of nitrogens with zero attached hydrogens (tertiary/aromatic N) is 2. The quantitative estimate of drug-likeness (QED) is 0.724. The van der Waals surface area contributed by atoms with E-state index in [1.165, 1.54) is 5.56 Å². The second-order valence-corrected chi connectivity index (χ2v) is 4.21. The maximum Gasteiger partial charge on any atom is 0.146 e. The number of aliphatic hydroxyl groups is 1. The van der Waals surface area contributed by atoms with Crippen LogP contribution in [-0.4, -0.2) is 14.9 Å². The van der Waals surface area contributed by atoms with Crippen molar-refractivity contribution in [2.45, 2.75) is 19.7 Å². The summed E-state index contributed by atoms with van der Waals surface area (Å²) in [5, 5.41) is 13.4. The average molecular weight is 230 g/mol. The van der Waals surface area contributed by atoms with E-state index in [2.05, 4.69) is 41.1 Å². The Morgan fingerprint density at radius 2 is 2.29 bits per heavy atom. The van der Waals surface area contributed by atoms with E-state index in [-0.39, 0.29) is 12.8 Å². The van der Waals surface area contributed by atoms with Crippen molar-refractivity contribution in [3.8, 4) is 0 Å². The first-order valence-electron chi connectivity index (χ1n) is 5.55. The van der Waals surface area contributed by atoms with Crippen LogP contribution in [0.4, 0.5) is 5.82 Å². The third-order valence-corrected chi connectivity index (χ3v) is 2.89. The molecule has 1 atom stereocenters. The Hall–Kier alpha value is -1.85. The van der Waals surface area contributed by atoms with Gasteiger partial charge in [-0.1, -0.05) is 29.8 Å². The molecule has 0 saturated heterocycles. The largest absolute Gasteiger partial charge is 0.390 e. The van der Waals surface area contributed by atoms with Crippen LogP contribution in [0, 0.1) is 6.92 Å². The molecular formula is C12H14N4O. The monoisotopic (exact) mass is 230 g/mol. The van der Waals surface area contributed by atoms with Gasteiger partial charge in [0.15, 0.2) is 0 Å².